The van der Waals surface area contributed by atoms with E-state index >= 15 is 0 Å². The molecule has 19 heavy (non-hydrogen) atoms. The van der Waals surface area contributed by atoms with Gasteiger partial charge in [0, 0.05) is 11.6 Å². The van der Waals surface area contributed by atoms with E-state index in [1.54, 1.807) is 6.20 Å². The molecule has 6 heteroatoms. The molecule has 0 spiro atoms. The second kappa shape index (κ2) is 3.94. The van der Waals surface area contributed by atoms with Gasteiger partial charge in [0.25, 0.3) is 0 Å². The molecule has 2 heterocycles. The van der Waals surface area contributed by atoms with Gasteiger partial charge in [-0.1, -0.05) is 6.42 Å². The van der Waals surface area contributed by atoms with Gasteiger partial charge in [0.1, 0.15) is 5.65 Å². The zero-order valence-electron chi connectivity index (χ0n) is 10.9. The summed E-state index contributed by atoms with van der Waals surface area (Å²) in [6.45, 7) is 1.85. The summed E-state index contributed by atoms with van der Waals surface area (Å²) in [4.78, 5) is 23.1. The minimum Gasteiger partial charge on any atom is -0.481 e. The molecule has 0 unspecified atom stereocenters. The maximum Gasteiger partial charge on any atom is 0.318 e. The molecule has 1 saturated carbocycles. The monoisotopic (exact) mass is 261 g/mol. The van der Waals surface area contributed by atoms with Crippen LogP contribution >= 0.6 is 0 Å². The number of nitrogens with zero attached hydrogens (tertiary/aromatic N) is 2. The fourth-order valence-electron chi connectivity index (χ4n) is 2.78. The second-order valence-electron chi connectivity index (χ2n) is 4.96. The third-order valence-electron chi connectivity index (χ3n) is 4.01. The third kappa shape index (κ3) is 1.52. The quantitative estimate of drug-likeness (QED) is 0.879. The maximum absolute atomic E-state index is 11.6. The number of carbonyl (C=O) groups is 1. The Morgan fingerprint density at radius 2 is 2.21 bits per heavy atom. The number of H-pyrrole nitrogens is 1. The van der Waals surface area contributed by atoms with Gasteiger partial charge >= 0.3 is 12.0 Å². The van der Waals surface area contributed by atoms with Gasteiger partial charge in [-0.05, 0) is 25.3 Å². The first-order chi connectivity index (χ1) is 9.08. The summed E-state index contributed by atoms with van der Waals surface area (Å²) in [5.41, 5.74) is 1.39. The first kappa shape index (κ1) is 12.0. The Hall–Kier alpha value is -2.11. The van der Waals surface area contributed by atoms with E-state index in [4.69, 9.17) is 4.74 Å². The molecule has 0 aliphatic heterocycles. The molecule has 3 rings (SSSR count). The predicted molar refractivity (Wildman–Crippen MR) is 68.3 cm³/mol. The second-order valence-corrected chi connectivity index (χ2v) is 4.96. The summed E-state index contributed by atoms with van der Waals surface area (Å²) in [6, 6.07) is 0.288. The van der Waals surface area contributed by atoms with E-state index in [1.165, 1.54) is 7.11 Å². The maximum atomic E-state index is 11.6. The van der Waals surface area contributed by atoms with Crippen molar-refractivity contribution in [2.24, 2.45) is 0 Å². The minimum atomic E-state index is -0.777. The van der Waals surface area contributed by atoms with Crippen molar-refractivity contribution in [3.63, 3.8) is 0 Å². The van der Waals surface area contributed by atoms with Crippen molar-refractivity contribution < 1.29 is 14.6 Å². The fraction of sp³-hybridized carbons (Fsp3) is 0.462. The average molecular weight is 261 g/mol. The van der Waals surface area contributed by atoms with Gasteiger partial charge in [-0.3, -0.25) is 4.79 Å². The zero-order valence-corrected chi connectivity index (χ0v) is 10.9. The highest BCUT2D eigenvalue weighted by atomic mass is 16.5. The number of nitrogens with one attached hydrogen (secondary N) is 1. The van der Waals surface area contributed by atoms with Crippen molar-refractivity contribution in [1.29, 1.82) is 0 Å². The van der Waals surface area contributed by atoms with Crippen molar-refractivity contribution in [3.05, 3.63) is 17.5 Å². The molecule has 2 N–H and O–H groups in total. The van der Waals surface area contributed by atoms with Gasteiger partial charge in [-0.25, -0.2) is 0 Å². The Morgan fingerprint density at radius 1 is 1.47 bits per heavy atom. The lowest BCUT2D eigenvalue weighted by Crippen LogP contribution is -2.42. The molecule has 0 saturated heterocycles. The number of ether oxygens (including phenoxy) is 1. The summed E-state index contributed by atoms with van der Waals surface area (Å²) < 4.78 is 5.03. The Labute approximate surface area is 109 Å². The molecule has 1 fully saturated rings. The number of aliphatic carboxylic acids is 1. The Morgan fingerprint density at radius 3 is 2.74 bits per heavy atom. The number of hydrogen-bond donors (Lipinski definition) is 2. The van der Waals surface area contributed by atoms with E-state index in [0.29, 0.717) is 18.5 Å². The van der Waals surface area contributed by atoms with Crippen LogP contribution in [0.2, 0.25) is 0 Å². The van der Waals surface area contributed by atoms with E-state index in [-0.39, 0.29) is 6.01 Å². The molecular formula is C13H15N3O3. The molecule has 0 aromatic carbocycles. The van der Waals surface area contributed by atoms with Gasteiger partial charge < -0.3 is 14.8 Å². The molecule has 0 radical (unpaired) electrons. The summed E-state index contributed by atoms with van der Waals surface area (Å²) in [5, 5.41) is 10.3. The van der Waals surface area contributed by atoms with Crippen LogP contribution in [0.1, 0.15) is 30.5 Å². The van der Waals surface area contributed by atoms with Crippen molar-refractivity contribution in [2.75, 3.05) is 7.11 Å². The Balaban J connectivity index is 2.23. The molecule has 1 aliphatic carbocycles. The summed E-state index contributed by atoms with van der Waals surface area (Å²) in [5.74, 6) is -0.769. The van der Waals surface area contributed by atoms with Crippen LogP contribution in [0, 0.1) is 6.92 Å². The van der Waals surface area contributed by atoms with Crippen LogP contribution < -0.4 is 4.74 Å². The van der Waals surface area contributed by atoms with Gasteiger partial charge in [0.15, 0.2) is 0 Å². The topological polar surface area (TPSA) is 88.1 Å². The van der Waals surface area contributed by atoms with E-state index in [1.807, 2.05) is 6.92 Å². The van der Waals surface area contributed by atoms with Gasteiger partial charge in [0.2, 0.25) is 0 Å². The van der Waals surface area contributed by atoms with Crippen LogP contribution in [0.3, 0.4) is 0 Å². The summed E-state index contributed by atoms with van der Waals surface area (Å²) in [7, 11) is 1.51. The molecular weight excluding hydrogens is 246 g/mol. The highest BCUT2D eigenvalue weighted by molar-refractivity contribution is 5.92. The fourth-order valence-corrected chi connectivity index (χ4v) is 2.78. The van der Waals surface area contributed by atoms with Crippen molar-refractivity contribution in [2.45, 2.75) is 31.6 Å². The lowest BCUT2D eigenvalue weighted by Gasteiger charge is -2.37. The Kier molecular flexibility index (Phi) is 2.48. The van der Waals surface area contributed by atoms with Crippen LogP contribution in [0.15, 0.2) is 6.20 Å². The molecule has 100 valence electrons. The van der Waals surface area contributed by atoms with Crippen molar-refractivity contribution in [3.8, 4) is 6.01 Å². The third-order valence-corrected chi connectivity index (χ3v) is 4.01. The standard InChI is InChI=1S/C13H15N3O3/c1-7-9-8(13(11(17)18)4-3-5-13)6-14-10(9)16-12(15-7)19-2/h6H,3-5H2,1-2H3,(H,17,18)(H,14,15,16). The lowest BCUT2D eigenvalue weighted by molar-refractivity contribution is -0.147. The average Bonchev–Trinajstić information content (AvgIpc) is 2.72. The van der Waals surface area contributed by atoms with Crippen LogP contribution in [0.4, 0.5) is 0 Å². The number of carboxylic acids is 1. The van der Waals surface area contributed by atoms with Gasteiger partial charge in [-0.15, -0.1) is 0 Å². The molecule has 6 nitrogen and oxygen atoms in total. The zero-order chi connectivity index (χ0) is 13.6. The SMILES string of the molecule is COc1nc(C)c2c(C3(C(=O)O)CCC3)c[nH]c2n1. The van der Waals surface area contributed by atoms with E-state index in [0.717, 1.165) is 23.1 Å². The van der Waals surface area contributed by atoms with Gasteiger partial charge in [-0.2, -0.15) is 9.97 Å². The molecule has 0 amide bonds. The van der Waals surface area contributed by atoms with Crippen LogP contribution in [-0.4, -0.2) is 33.1 Å². The van der Waals surface area contributed by atoms with Crippen molar-refractivity contribution in [1.82, 2.24) is 15.0 Å². The van der Waals surface area contributed by atoms with Gasteiger partial charge in [0.05, 0.1) is 18.2 Å². The molecule has 2 aromatic heterocycles. The lowest BCUT2D eigenvalue weighted by atomic mass is 9.64. The minimum absolute atomic E-state index is 0.288. The molecule has 1 aliphatic rings. The first-order valence-electron chi connectivity index (χ1n) is 6.22. The van der Waals surface area contributed by atoms with Crippen LogP contribution in [-0.2, 0) is 10.2 Å². The first-order valence-corrected chi connectivity index (χ1v) is 6.22. The van der Waals surface area contributed by atoms with Crippen LogP contribution in [0.25, 0.3) is 11.0 Å². The number of methoxy groups -OCH3 is 1. The van der Waals surface area contributed by atoms with Crippen LogP contribution in [0.5, 0.6) is 6.01 Å². The Bertz CT molecular complexity index is 658. The largest absolute Gasteiger partial charge is 0.481 e. The normalized spacial score (nSPS) is 17.2. The van der Waals surface area contributed by atoms with E-state index < -0.39 is 11.4 Å². The van der Waals surface area contributed by atoms with E-state index in [2.05, 4.69) is 15.0 Å². The number of fused-ring (bicyclic) bond motifs is 1. The summed E-state index contributed by atoms with van der Waals surface area (Å²) >= 11 is 0. The smallest absolute Gasteiger partial charge is 0.318 e. The number of carboxylic acid groups (broad SMARTS) is 1. The highest BCUT2D eigenvalue weighted by Crippen LogP contribution is 2.46. The number of rotatable bonds is 3. The number of hydrogen-bond acceptors (Lipinski definition) is 4. The number of aryl methyl sites for hydroxylation is 1. The number of aromatic nitrogens is 3. The molecule has 0 bridgehead atoms. The number of aromatic amines is 1. The highest BCUT2D eigenvalue weighted by Gasteiger charge is 2.47. The molecule has 2 aromatic rings. The van der Waals surface area contributed by atoms with Crippen molar-refractivity contribution >= 4 is 17.0 Å². The summed E-state index contributed by atoms with van der Waals surface area (Å²) in [6.07, 6.45) is 4.02. The van der Waals surface area contributed by atoms with E-state index in [9.17, 15) is 9.90 Å². The molecule has 0 atom stereocenters. The predicted octanol–water partition coefficient (Wildman–Crippen LogP) is 1.78.